The van der Waals surface area contributed by atoms with Crippen LogP contribution in [-0.2, 0) is 14.8 Å². The van der Waals surface area contributed by atoms with E-state index in [1.165, 1.54) is 36.2 Å². The molecule has 0 aromatic heterocycles. The van der Waals surface area contributed by atoms with Crippen molar-refractivity contribution in [3.8, 4) is 0 Å². The van der Waals surface area contributed by atoms with Gasteiger partial charge in [0.05, 0.1) is 6.26 Å². The van der Waals surface area contributed by atoms with Gasteiger partial charge in [0, 0.05) is 32.1 Å². The van der Waals surface area contributed by atoms with Gasteiger partial charge in [0.25, 0.3) is 0 Å². The van der Waals surface area contributed by atoms with Crippen LogP contribution in [0.1, 0.15) is 38.5 Å². The molecule has 0 aromatic rings. The molecule has 1 heterocycles. The first kappa shape index (κ1) is 15.3. The molecule has 6 heteroatoms. The Labute approximate surface area is 127 Å². The second kappa shape index (κ2) is 5.54. The zero-order valence-corrected chi connectivity index (χ0v) is 13.8. The SMILES string of the molecule is CN(C(=O)C1CCN(S(C)(=O)=O)CC1)C(C1CC1)C1CC1. The second-order valence-corrected chi connectivity index (χ2v) is 9.03. The summed E-state index contributed by atoms with van der Waals surface area (Å²) in [5, 5.41) is 0. The van der Waals surface area contributed by atoms with E-state index in [1.807, 2.05) is 11.9 Å². The van der Waals surface area contributed by atoms with Crippen LogP contribution in [0.25, 0.3) is 0 Å². The number of sulfonamides is 1. The highest BCUT2D eigenvalue weighted by Gasteiger charge is 2.46. The highest BCUT2D eigenvalue weighted by molar-refractivity contribution is 7.88. The number of carbonyl (C=O) groups is 1. The van der Waals surface area contributed by atoms with Gasteiger partial charge in [-0.05, 0) is 50.4 Å². The Kier molecular flexibility index (Phi) is 4.03. The summed E-state index contributed by atoms with van der Waals surface area (Å²) in [6.07, 6.45) is 7.65. The first-order chi connectivity index (χ1) is 9.88. The van der Waals surface area contributed by atoms with Crippen LogP contribution in [0.2, 0.25) is 0 Å². The lowest BCUT2D eigenvalue weighted by Gasteiger charge is -2.35. The fourth-order valence-electron chi connectivity index (χ4n) is 3.76. The number of hydrogen-bond donors (Lipinski definition) is 0. The molecule has 2 aliphatic carbocycles. The van der Waals surface area contributed by atoms with Crippen LogP contribution in [0, 0.1) is 17.8 Å². The van der Waals surface area contributed by atoms with Crippen LogP contribution in [0.5, 0.6) is 0 Å². The summed E-state index contributed by atoms with van der Waals surface area (Å²) >= 11 is 0. The van der Waals surface area contributed by atoms with Gasteiger partial charge in [0.1, 0.15) is 0 Å². The highest BCUT2D eigenvalue weighted by Crippen LogP contribution is 2.47. The summed E-state index contributed by atoms with van der Waals surface area (Å²) < 4.78 is 24.6. The largest absolute Gasteiger partial charge is 0.342 e. The fraction of sp³-hybridized carbons (Fsp3) is 0.933. The number of rotatable bonds is 5. The van der Waals surface area contributed by atoms with Crippen molar-refractivity contribution in [2.75, 3.05) is 26.4 Å². The average Bonchev–Trinajstić information content (AvgIpc) is 3.31. The van der Waals surface area contributed by atoms with E-state index < -0.39 is 10.0 Å². The standard InChI is InChI=1S/C15H26N2O3S/c1-16(14(11-3-4-11)12-5-6-12)15(18)13-7-9-17(10-8-13)21(2,19)20/h11-14H,3-10H2,1-2H3. The molecule has 0 atom stereocenters. The van der Waals surface area contributed by atoms with E-state index >= 15 is 0 Å². The molecule has 1 aliphatic heterocycles. The summed E-state index contributed by atoms with van der Waals surface area (Å²) in [5.74, 6) is 1.70. The van der Waals surface area contributed by atoms with Gasteiger partial charge >= 0.3 is 0 Å². The highest BCUT2D eigenvalue weighted by atomic mass is 32.2. The van der Waals surface area contributed by atoms with Gasteiger partial charge in [-0.3, -0.25) is 4.79 Å². The van der Waals surface area contributed by atoms with Gasteiger partial charge in [0.2, 0.25) is 15.9 Å². The summed E-state index contributed by atoms with van der Waals surface area (Å²) in [6, 6.07) is 0.449. The third-order valence-corrected chi connectivity index (χ3v) is 6.58. The number of nitrogens with zero attached hydrogens (tertiary/aromatic N) is 2. The lowest BCUT2D eigenvalue weighted by Crippen LogP contribution is -2.47. The average molecular weight is 314 g/mol. The third-order valence-electron chi connectivity index (χ3n) is 5.28. The Hall–Kier alpha value is -0.620. The monoisotopic (exact) mass is 314 g/mol. The Morgan fingerprint density at radius 3 is 1.90 bits per heavy atom. The Morgan fingerprint density at radius 1 is 1.05 bits per heavy atom. The van der Waals surface area contributed by atoms with Crippen LogP contribution >= 0.6 is 0 Å². The van der Waals surface area contributed by atoms with Gasteiger partial charge in [-0.15, -0.1) is 0 Å². The van der Waals surface area contributed by atoms with Crippen molar-refractivity contribution in [1.82, 2.24) is 9.21 Å². The van der Waals surface area contributed by atoms with E-state index in [4.69, 9.17) is 0 Å². The number of hydrogen-bond acceptors (Lipinski definition) is 3. The minimum atomic E-state index is -3.11. The molecular weight excluding hydrogens is 288 g/mol. The molecule has 120 valence electrons. The molecule has 1 amide bonds. The Balaban J connectivity index is 1.58. The van der Waals surface area contributed by atoms with Crippen LogP contribution in [0.3, 0.4) is 0 Å². The maximum absolute atomic E-state index is 12.7. The summed E-state index contributed by atoms with van der Waals surface area (Å²) in [4.78, 5) is 14.7. The summed E-state index contributed by atoms with van der Waals surface area (Å²) in [7, 11) is -1.15. The smallest absolute Gasteiger partial charge is 0.225 e. The summed E-state index contributed by atoms with van der Waals surface area (Å²) in [5.41, 5.74) is 0. The first-order valence-electron chi connectivity index (χ1n) is 8.09. The molecule has 0 unspecified atom stereocenters. The van der Waals surface area contributed by atoms with E-state index in [1.54, 1.807) is 0 Å². The van der Waals surface area contributed by atoms with Crippen molar-refractivity contribution in [2.45, 2.75) is 44.6 Å². The van der Waals surface area contributed by atoms with Gasteiger partial charge in [-0.25, -0.2) is 12.7 Å². The zero-order chi connectivity index (χ0) is 15.2. The number of amides is 1. The van der Waals surface area contributed by atoms with Crippen molar-refractivity contribution >= 4 is 15.9 Å². The van der Waals surface area contributed by atoms with Crippen molar-refractivity contribution in [1.29, 1.82) is 0 Å². The van der Waals surface area contributed by atoms with Gasteiger partial charge in [-0.2, -0.15) is 0 Å². The topological polar surface area (TPSA) is 57.7 Å². The van der Waals surface area contributed by atoms with Crippen LogP contribution in [-0.4, -0.2) is 56.0 Å². The van der Waals surface area contributed by atoms with Crippen molar-refractivity contribution < 1.29 is 13.2 Å². The Morgan fingerprint density at radius 2 is 1.52 bits per heavy atom. The molecule has 0 radical (unpaired) electrons. The first-order valence-corrected chi connectivity index (χ1v) is 9.94. The third kappa shape index (κ3) is 3.42. The van der Waals surface area contributed by atoms with Crippen LogP contribution in [0.4, 0.5) is 0 Å². The molecule has 5 nitrogen and oxygen atoms in total. The number of carbonyl (C=O) groups excluding carboxylic acids is 1. The maximum Gasteiger partial charge on any atom is 0.225 e. The molecule has 0 N–H and O–H groups in total. The molecule has 3 aliphatic rings. The zero-order valence-electron chi connectivity index (χ0n) is 13.0. The molecule has 3 rings (SSSR count). The van der Waals surface area contributed by atoms with Crippen molar-refractivity contribution in [3.05, 3.63) is 0 Å². The van der Waals surface area contributed by atoms with E-state index in [9.17, 15) is 13.2 Å². The van der Waals surface area contributed by atoms with E-state index in [0.29, 0.717) is 32.0 Å². The van der Waals surface area contributed by atoms with Crippen LogP contribution < -0.4 is 0 Å². The molecule has 1 saturated heterocycles. The molecular formula is C15H26N2O3S. The number of piperidine rings is 1. The van der Waals surface area contributed by atoms with Crippen molar-refractivity contribution in [3.63, 3.8) is 0 Å². The summed E-state index contributed by atoms with van der Waals surface area (Å²) in [6.45, 7) is 0.973. The van der Waals surface area contributed by atoms with E-state index in [0.717, 1.165) is 11.8 Å². The maximum atomic E-state index is 12.7. The van der Waals surface area contributed by atoms with Crippen LogP contribution in [0.15, 0.2) is 0 Å². The predicted molar refractivity (Wildman–Crippen MR) is 81.1 cm³/mol. The van der Waals surface area contributed by atoms with Gasteiger partial charge in [0.15, 0.2) is 0 Å². The van der Waals surface area contributed by atoms with E-state index in [-0.39, 0.29) is 11.8 Å². The predicted octanol–water partition coefficient (Wildman–Crippen LogP) is 1.30. The molecule has 3 fully saturated rings. The fourth-order valence-corrected chi connectivity index (χ4v) is 4.64. The van der Waals surface area contributed by atoms with Crippen molar-refractivity contribution in [2.24, 2.45) is 17.8 Å². The quantitative estimate of drug-likeness (QED) is 0.769. The van der Waals surface area contributed by atoms with E-state index in [2.05, 4.69) is 0 Å². The molecule has 21 heavy (non-hydrogen) atoms. The lowest BCUT2D eigenvalue weighted by atomic mass is 9.95. The lowest BCUT2D eigenvalue weighted by molar-refractivity contribution is -0.138. The Bertz CT molecular complexity index is 491. The molecule has 0 bridgehead atoms. The van der Waals surface area contributed by atoms with Gasteiger partial charge in [-0.1, -0.05) is 0 Å². The minimum Gasteiger partial charge on any atom is -0.342 e. The molecule has 2 saturated carbocycles. The molecule has 0 spiro atoms. The second-order valence-electron chi connectivity index (χ2n) is 7.05. The molecule has 0 aromatic carbocycles. The minimum absolute atomic E-state index is 0.00741. The normalized spacial score (nSPS) is 25.3. The van der Waals surface area contributed by atoms with Gasteiger partial charge < -0.3 is 4.90 Å².